The Balaban J connectivity index is 1.79. The third kappa shape index (κ3) is 6.65. The molecule has 3 rings (SSSR count). The molecular weight excluding hydrogens is 391 g/mol. The van der Waals surface area contributed by atoms with Gasteiger partial charge in [-0.15, -0.1) is 0 Å². The second kappa shape index (κ2) is 11.1. The van der Waals surface area contributed by atoms with Crippen LogP contribution in [0.5, 0.6) is 0 Å². The summed E-state index contributed by atoms with van der Waals surface area (Å²) in [4.78, 5) is 28.2. The van der Waals surface area contributed by atoms with Gasteiger partial charge in [0.1, 0.15) is 11.9 Å². The van der Waals surface area contributed by atoms with Crippen LogP contribution in [0.1, 0.15) is 62.1 Å². The average molecular weight is 425 g/mol. The first kappa shape index (κ1) is 23.0. The number of carbonyl (C=O) groups excluding carboxylic acids is 2. The van der Waals surface area contributed by atoms with Crippen molar-refractivity contribution < 1.29 is 14.0 Å². The van der Waals surface area contributed by atoms with E-state index in [1.807, 2.05) is 38.1 Å². The highest BCUT2D eigenvalue weighted by atomic mass is 19.1. The van der Waals surface area contributed by atoms with Gasteiger partial charge in [0.25, 0.3) is 0 Å². The van der Waals surface area contributed by atoms with Crippen LogP contribution in [0.25, 0.3) is 0 Å². The van der Waals surface area contributed by atoms with Crippen LogP contribution >= 0.6 is 0 Å². The highest BCUT2D eigenvalue weighted by molar-refractivity contribution is 5.88. The van der Waals surface area contributed by atoms with Crippen molar-refractivity contribution in [2.24, 2.45) is 0 Å². The summed E-state index contributed by atoms with van der Waals surface area (Å²) in [7, 11) is 0. The molecule has 0 heterocycles. The van der Waals surface area contributed by atoms with E-state index in [1.165, 1.54) is 18.6 Å². The predicted molar refractivity (Wildman–Crippen MR) is 121 cm³/mol. The number of rotatable bonds is 8. The third-order valence-electron chi connectivity index (χ3n) is 6.08. The minimum atomic E-state index is -0.531. The van der Waals surface area contributed by atoms with Crippen LogP contribution in [0.3, 0.4) is 0 Å². The highest BCUT2D eigenvalue weighted by Crippen LogP contribution is 2.20. The minimum Gasteiger partial charge on any atom is -0.352 e. The zero-order valence-corrected chi connectivity index (χ0v) is 18.6. The van der Waals surface area contributed by atoms with E-state index in [-0.39, 0.29) is 30.1 Å². The van der Waals surface area contributed by atoms with E-state index in [2.05, 4.69) is 5.32 Å². The molecule has 0 saturated heterocycles. The predicted octanol–water partition coefficient (Wildman–Crippen LogP) is 4.93. The Morgan fingerprint density at radius 1 is 1.00 bits per heavy atom. The van der Waals surface area contributed by atoms with Gasteiger partial charge in [0, 0.05) is 12.6 Å². The summed E-state index contributed by atoms with van der Waals surface area (Å²) in [5, 5.41) is 3.19. The van der Waals surface area contributed by atoms with Crippen molar-refractivity contribution in [3.8, 4) is 0 Å². The summed E-state index contributed by atoms with van der Waals surface area (Å²) in [5.74, 6) is -0.530. The van der Waals surface area contributed by atoms with Gasteiger partial charge in [-0.05, 0) is 49.4 Å². The molecular formula is C26H33FN2O2. The fourth-order valence-electron chi connectivity index (χ4n) is 4.23. The Kier molecular flexibility index (Phi) is 8.21. The average Bonchev–Trinajstić information content (AvgIpc) is 2.77. The Bertz CT molecular complexity index is 858. The maximum atomic E-state index is 13.3. The number of nitrogens with one attached hydrogen (secondary N) is 1. The molecule has 2 amide bonds. The quantitative estimate of drug-likeness (QED) is 0.653. The standard InChI is InChI=1S/C26H33FN2O2/c1-3-24(26(31)28-23-7-5-4-6-8-23)29(18-21-11-9-19(2)10-12-21)25(30)17-20-13-15-22(27)16-14-20/h9-16,23-24H,3-8,17-18H2,1-2H3,(H,28,31)/t24-/m0/s1. The van der Waals surface area contributed by atoms with Crippen molar-refractivity contribution in [3.05, 3.63) is 71.0 Å². The molecule has 5 heteroatoms. The van der Waals surface area contributed by atoms with Crippen LogP contribution < -0.4 is 5.32 Å². The van der Waals surface area contributed by atoms with E-state index in [9.17, 15) is 14.0 Å². The third-order valence-corrected chi connectivity index (χ3v) is 6.08. The van der Waals surface area contributed by atoms with Gasteiger partial charge in [0.15, 0.2) is 0 Å². The second-order valence-electron chi connectivity index (χ2n) is 8.58. The molecule has 0 bridgehead atoms. The largest absolute Gasteiger partial charge is 0.352 e. The van der Waals surface area contributed by atoms with Gasteiger partial charge in [0.2, 0.25) is 11.8 Å². The van der Waals surface area contributed by atoms with Crippen LogP contribution in [0.4, 0.5) is 4.39 Å². The number of aryl methyl sites for hydroxylation is 1. The van der Waals surface area contributed by atoms with Crippen LogP contribution in [0.2, 0.25) is 0 Å². The number of amides is 2. The minimum absolute atomic E-state index is 0.0750. The van der Waals surface area contributed by atoms with Gasteiger partial charge in [-0.1, -0.05) is 68.1 Å². The number of hydrogen-bond acceptors (Lipinski definition) is 2. The molecule has 2 aromatic carbocycles. The van der Waals surface area contributed by atoms with Crippen LogP contribution in [0.15, 0.2) is 48.5 Å². The van der Waals surface area contributed by atoms with Gasteiger partial charge >= 0.3 is 0 Å². The van der Waals surface area contributed by atoms with Crippen molar-refractivity contribution >= 4 is 11.8 Å². The Labute approximate surface area is 184 Å². The maximum Gasteiger partial charge on any atom is 0.243 e. The van der Waals surface area contributed by atoms with E-state index < -0.39 is 6.04 Å². The lowest BCUT2D eigenvalue weighted by Crippen LogP contribution is -2.51. The van der Waals surface area contributed by atoms with Crippen LogP contribution in [-0.4, -0.2) is 28.8 Å². The Morgan fingerprint density at radius 3 is 2.23 bits per heavy atom. The van der Waals surface area contributed by atoms with E-state index in [0.717, 1.165) is 42.4 Å². The molecule has 4 nitrogen and oxygen atoms in total. The van der Waals surface area contributed by atoms with E-state index in [1.54, 1.807) is 17.0 Å². The lowest BCUT2D eigenvalue weighted by molar-refractivity contribution is -0.141. The lowest BCUT2D eigenvalue weighted by atomic mass is 9.95. The second-order valence-corrected chi connectivity index (χ2v) is 8.58. The van der Waals surface area contributed by atoms with Gasteiger partial charge in [-0.25, -0.2) is 4.39 Å². The molecule has 0 aliphatic heterocycles. The Morgan fingerprint density at radius 2 is 1.61 bits per heavy atom. The first-order valence-electron chi connectivity index (χ1n) is 11.4. The SMILES string of the molecule is CC[C@@H](C(=O)NC1CCCCC1)N(Cc1ccc(C)cc1)C(=O)Cc1ccc(F)cc1. The summed E-state index contributed by atoms with van der Waals surface area (Å²) < 4.78 is 13.3. The monoisotopic (exact) mass is 424 g/mol. The number of halogens is 1. The van der Waals surface area contributed by atoms with Crippen molar-refractivity contribution in [1.82, 2.24) is 10.2 Å². The molecule has 166 valence electrons. The van der Waals surface area contributed by atoms with Crippen molar-refractivity contribution in [1.29, 1.82) is 0 Å². The van der Waals surface area contributed by atoms with Crippen molar-refractivity contribution in [3.63, 3.8) is 0 Å². The first-order valence-corrected chi connectivity index (χ1v) is 11.4. The summed E-state index contributed by atoms with van der Waals surface area (Å²) in [5.41, 5.74) is 2.87. The van der Waals surface area contributed by atoms with E-state index in [4.69, 9.17) is 0 Å². The lowest BCUT2D eigenvalue weighted by Gasteiger charge is -2.33. The fourth-order valence-corrected chi connectivity index (χ4v) is 4.23. The maximum absolute atomic E-state index is 13.3. The molecule has 0 spiro atoms. The van der Waals surface area contributed by atoms with Crippen LogP contribution in [-0.2, 0) is 22.6 Å². The highest BCUT2D eigenvalue weighted by Gasteiger charge is 2.30. The van der Waals surface area contributed by atoms with E-state index >= 15 is 0 Å². The molecule has 1 saturated carbocycles. The molecule has 1 N–H and O–H groups in total. The van der Waals surface area contributed by atoms with Crippen molar-refractivity contribution in [2.45, 2.75) is 77.4 Å². The van der Waals surface area contributed by atoms with Gasteiger partial charge in [0.05, 0.1) is 6.42 Å². The molecule has 0 aromatic heterocycles. The summed E-state index contributed by atoms with van der Waals surface area (Å²) in [6.45, 7) is 4.34. The summed E-state index contributed by atoms with van der Waals surface area (Å²) in [6.07, 6.45) is 6.18. The smallest absolute Gasteiger partial charge is 0.243 e. The van der Waals surface area contributed by atoms with Crippen LogP contribution in [0, 0.1) is 12.7 Å². The van der Waals surface area contributed by atoms with Gasteiger partial charge in [-0.2, -0.15) is 0 Å². The summed E-state index contributed by atoms with van der Waals surface area (Å²) >= 11 is 0. The number of benzene rings is 2. The molecule has 1 fully saturated rings. The summed E-state index contributed by atoms with van der Waals surface area (Å²) in [6, 6.07) is 13.7. The molecule has 31 heavy (non-hydrogen) atoms. The number of nitrogens with zero attached hydrogens (tertiary/aromatic N) is 1. The fraction of sp³-hybridized carbons (Fsp3) is 0.462. The molecule has 0 radical (unpaired) electrons. The van der Waals surface area contributed by atoms with E-state index in [0.29, 0.717) is 13.0 Å². The number of hydrogen-bond donors (Lipinski definition) is 1. The molecule has 1 aliphatic carbocycles. The zero-order chi connectivity index (χ0) is 22.2. The number of carbonyl (C=O) groups is 2. The topological polar surface area (TPSA) is 49.4 Å². The molecule has 2 aromatic rings. The van der Waals surface area contributed by atoms with Gasteiger partial charge in [-0.3, -0.25) is 9.59 Å². The molecule has 1 atom stereocenters. The molecule has 1 aliphatic rings. The van der Waals surface area contributed by atoms with Crippen molar-refractivity contribution in [2.75, 3.05) is 0 Å². The normalized spacial score (nSPS) is 15.3. The zero-order valence-electron chi connectivity index (χ0n) is 18.6. The molecule has 0 unspecified atom stereocenters. The Hall–Kier alpha value is -2.69. The van der Waals surface area contributed by atoms with Gasteiger partial charge < -0.3 is 10.2 Å². The first-order chi connectivity index (χ1) is 15.0.